The van der Waals surface area contributed by atoms with E-state index in [0.29, 0.717) is 12.3 Å². The second-order valence-corrected chi connectivity index (χ2v) is 3.63. The molecule has 1 aliphatic heterocycles. The van der Waals surface area contributed by atoms with E-state index >= 15 is 0 Å². The van der Waals surface area contributed by atoms with E-state index in [0.717, 1.165) is 18.9 Å². The van der Waals surface area contributed by atoms with E-state index in [1.165, 1.54) is 0 Å². The Kier molecular flexibility index (Phi) is 2.37. The van der Waals surface area contributed by atoms with Gasteiger partial charge in [-0.25, -0.2) is 4.98 Å². The lowest BCUT2D eigenvalue weighted by Crippen LogP contribution is -2.15. The molecule has 2 rings (SSSR count). The van der Waals surface area contributed by atoms with Crippen molar-refractivity contribution >= 4 is 5.78 Å². The normalized spacial score (nSPS) is 21.4. The number of ketones is 1. The van der Waals surface area contributed by atoms with Crippen LogP contribution in [0.3, 0.4) is 0 Å². The van der Waals surface area contributed by atoms with Gasteiger partial charge in [0, 0.05) is 13.5 Å². The van der Waals surface area contributed by atoms with Crippen LogP contribution >= 0.6 is 0 Å². The average molecular weight is 194 g/mol. The molecule has 1 aromatic rings. The summed E-state index contributed by atoms with van der Waals surface area (Å²) in [6.45, 7) is 4.96. The molecule has 1 aliphatic rings. The van der Waals surface area contributed by atoms with Crippen LogP contribution in [-0.4, -0.2) is 28.5 Å². The summed E-state index contributed by atoms with van der Waals surface area (Å²) in [6.07, 6.45) is 2.62. The molecule has 14 heavy (non-hydrogen) atoms. The maximum absolute atomic E-state index is 11.3. The summed E-state index contributed by atoms with van der Waals surface area (Å²) in [5.41, 5.74) is 0.693. The van der Waals surface area contributed by atoms with E-state index in [9.17, 15) is 4.79 Å². The molecular formula is C10H14N2O2. The van der Waals surface area contributed by atoms with Crippen LogP contribution in [0.1, 0.15) is 35.7 Å². The maximum Gasteiger partial charge on any atom is 0.177 e. The Morgan fingerprint density at radius 3 is 3.07 bits per heavy atom. The van der Waals surface area contributed by atoms with Gasteiger partial charge in [0.25, 0.3) is 0 Å². The second kappa shape index (κ2) is 3.53. The molecule has 1 atom stereocenters. The predicted octanol–water partition coefficient (Wildman–Crippen LogP) is 1.36. The number of aromatic nitrogens is 2. The molecular weight excluding hydrogens is 180 g/mol. The summed E-state index contributed by atoms with van der Waals surface area (Å²) in [6, 6.07) is 0.288. The molecule has 76 valence electrons. The summed E-state index contributed by atoms with van der Waals surface area (Å²) in [5, 5.41) is 0. The molecule has 4 heteroatoms. The van der Waals surface area contributed by atoms with Gasteiger partial charge in [-0.15, -0.1) is 0 Å². The van der Waals surface area contributed by atoms with E-state index in [-0.39, 0.29) is 11.8 Å². The maximum atomic E-state index is 11.3. The first-order valence-corrected chi connectivity index (χ1v) is 4.82. The molecule has 0 aliphatic carbocycles. The van der Waals surface area contributed by atoms with E-state index in [1.54, 1.807) is 13.1 Å². The fourth-order valence-corrected chi connectivity index (χ4v) is 1.90. The van der Waals surface area contributed by atoms with Gasteiger partial charge in [-0.2, -0.15) is 0 Å². The highest BCUT2D eigenvalue weighted by Gasteiger charge is 2.23. The summed E-state index contributed by atoms with van der Waals surface area (Å²) in [5.74, 6) is 0.961. The molecule has 4 nitrogen and oxygen atoms in total. The van der Waals surface area contributed by atoms with Crippen LogP contribution in [0.4, 0.5) is 0 Å². The number of carbonyl (C=O) groups is 1. The van der Waals surface area contributed by atoms with Crippen molar-refractivity contribution in [3.63, 3.8) is 0 Å². The van der Waals surface area contributed by atoms with E-state index in [4.69, 9.17) is 4.74 Å². The molecule has 0 amide bonds. The Labute approximate surface area is 82.9 Å². The molecule has 1 unspecified atom stereocenters. The molecule has 1 aromatic heterocycles. The van der Waals surface area contributed by atoms with Gasteiger partial charge in [0.15, 0.2) is 5.78 Å². The molecule has 1 fully saturated rings. The SMILES string of the molecule is CC(=O)c1cnc(C)n1C1CCOC1. The van der Waals surface area contributed by atoms with Gasteiger partial charge < -0.3 is 9.30 Å². The van der Waals surface area contributed by atoms with Gasteiger partial charge in [-0.3, -0.25) is 4.79 Å². The second-order valence-electron chi connectivity index (χ2n) is 3.63. The molecule has 0 aromatic carbocycles. The first kappa shape index (κ1) is 9.40. The van der Waals surface area contributed by atoms with E-state index in [2.05, 4.69) is 4.98 Å². The minimum atomic E-state index is 0.0671. The highest BCUT2D eigenvalue weighted by molar-refractivity contribution is 5.92. The van der Waals surface area contributed by atoms with Crippen LogP contribution < -0.4 is 0 Å². The number of rotatable bonds is 2. The fourth-order valence-electron chi connectivity index (χ4n) is 1.90. The number of imidazole rings is 1. The van der Waals surface area contributed by atoms with Crippen LogP contribution in [0.5, 0.6) is 0 Å². The van der Waals surface area contributed by atoms with Crippen molar-refractivity contribution < 1.29 is 9.53 Å². The predicted molar refractivity (Wildman–Crippen MR) is 51.4 cm³/mol. The molecule has 0 spiro atoms. The number of carbonyl (C=O) groups excluding carboxylic acids is 1. The van der Waals surface area contributed by atoms with Crippen molar-refractivity contribution in [2.24, 2.45) is 0 Å². The van der Waals surface area contributed by atoms with Crippen LogP contribution in [-0.2, 0) is 4.74 Å². The number of hydrogen-bond acceptors (Lipinski definition) is 3. The Balaban J connectivity index is 2.38. The molecule has 0 N–H and O–H groups in total. The lowest BCUT2D eigenvalue weighted by atomic mass is 10.2. The first-order valence-electron chi connectivity index (χ1n) is 4.82. The smallest absolute Gasteiger partial charge is 0.177 e. The third kappa shape index (κ3) is 1.46. The Morgan fingerprint density at radius 2 is 2.50 bits per heavy atom. The molecule has 0 saturated carbocycles. The van der Waals surface area contributed by atoms with Gasteiger partial charge in [0.1, 0.15) is 11.5 Å². The number of hydrogen-bond donors (Lipinski definition) is 0. The minimum absolute atomic E-state index is 0.0671. The van der Waals surface area contributed by atoms with Gasteiger partial charge in [0.05, 0.1) is 18.8 Å². The Hall–Kier alpha value is -1.16. The lowest BCUT2D eigenvalue weighted by Gasteiger charge is -2.14. The molecule has 2 heterocycles. The number of nitrogens with zero attached hydrogens (tertiary/aromatic N) is 2. The monoisotopic (exact) mass is 194 g/mol. The average Bonchev–Trinajstić information content (AvgIpc) is 2.71. The standard InChI is InChI=1S/C10H14N2O2/c1-7(13)10-5-11-8(2)12(10)9-3-4-14-6-9/h5,9H,3-4,6H2,1-2H3. The van der Waals surface area contributed by atoms with Crippen molar-refractivity contribution in [2.75, 3.05) is 13.2 Å². The zero-order valence-corrected chi connectivity index (χ0v) is 8.49. The van der Waals surface area contributed by atoms with Gasteiger partial charge in [-0.1, -0.05) is 0 Å². The number of aryl methyl sites for hydroxylation is 1. The lowest BCUT2D eigenvalue weighted by molar-refractivity contribution is 0.100. The van der Waals surface area contributed by atoms with Gasteiger partial charge in [-0.05, 0) is 13.3 Å². The highest BCUT2D eigenvalue weighted by atomic mass is 16.5. The Bertz CT molecular complexity index is 351. The third-order valence-corrected chi connectivity index (χ3v) is 2.61. The van der Waals surface area contributed by atoms with Crippen molar-refractivity contribution in [3.05, 3.63) is 17.7 Å². The number of Topliss-reactive ketones (excluding diaryl/α,β-unsaturated/α-hetero) is 1. The van der Waals surface area contributed by atoms with E-state index in [1.807, 2.05) is 11.5 Å². The first-order chi connectivity index (χ1) is 6.70. The molecule has 1 saturated heterocycles. The van der Waals surface area contributed by atoms with Crippen molar-refractivity contribution in [1.82, 2.24) is 9.55 Å². The Morgan fingerprint density at radius 1 is 1.71 bits per heavy atom. The minimum Gasteiger partial charge on any atom is -0.379 e. The van der Waals surface area contributed by atoms with Crippen LogP contribution in [0, 0.1) is 6.92 Å². The van der Waals surface area contributed by atoms with Crippen LogP contribution in [0.15, 0.2) is 6.20 Å². The van der Waals surface area contributed by atoms with Crippen LogP contribution in [0.2, 0.25) is 0 Å². The topological polar surface area (TPSA) is 44.1 Å². The summed E-state index contributed by atoms with van der Waals surface area (Å²) in [7, 11) is 0. The van der Waals surface area contributed by atoms with Gasteiger partial charge >= 0.3 is 0 Å². The largest absolute Gasteiger partial charge is 0.379 e. The van der Waals surface area contributed by atoms with Crippen molar-refractivity contribution in [3.8, 4) is 0 Å². The van der Waals surface area contributed by atoms with Gasteiger partial charge in [0.2, 0.25) is 0 Å². The zero-order valence-electron chi connectivity index (χ0n) is 8.49. The zero-order chi connectivity index (χ0) is 10.1. The van der Waals surface area contributed by atoms with Crippen molar-refractivity contribution in [1.29, 1.82) is 0 Å². The summed E-state index contributed by atoms with van der Waals surface area (Å²) < 4.78 is 7.31. The summed E-state index contributed by atoms with van der Waals surface area (Å²) in [4.78, 5) is 15.5. The van der Waals surface area contributed by atoms with E-state index < -0.39 is 0 Å². The number of ether oxygens (including phenoxy) is 1. The third-order valence-electron chi connectivity index (χ3n) is 2.61. The fraction of sp³-hybridized carbons (Fsp3) is 0.600. The quantitative estimate of drug-likeness (QED) is 0.667. The molecule has 0 radical (unpaired) electrons. The highest BCUT2D eigenvalue weighted by Crippen LogP contribution is 2.22. The summed E-state index contributed by atoms with van der Waals surface area (Å²) >= 11 is 0. The molecule has 0 bridgehead atoms. The van der Waals surface area contributed by atoms with Crippen molar-refractivity contribution in [2.45, 2.75) is 26.3 Å². The van der Waals surface area contributed by atoms with Crippen LogP contribution in [0.25, 0.3) is 0 Å².